The molecule has 13 heteroatoms. The number of carbonyl (C=O) groups is 3. The highest BCUT2D eigenvalue weighted by Crippen LogP contribution is 2.54. The number of aromatic nitrogens is 1. The number of H-pyrrole nitrogens is 1. The molecule has 0 bridgehead atoms. The number of anilines is 2. The zero-order valence-electron chi connectivity index (χ0n) is 21.4. The molecule has 0 aliphatic carbocycles. The molecule has 1 fully saturated rings. The molecule has 214 valence electrons. The molecule has 2 N–H and O–H groups in total. The van der Waals surface area contributed by atoms with E-state index < -0.39 is 58.8 Å². The highest BCUT2D eigenvalue weighted by molar-refractivity contribution is 8.00. The van der Waals surface area contributed by atoms with E-state index in [2.05, 4.69) is 10.3 Å². The predicted octanol–water partition coefficient (Wildman–Crippen LogP) is 5.27. The number of ether oxygens (including phenoxy) is 1. The molecule has 0 saturated carbocycles. The van der Waals surface area contributed by atoms with Crippen LogP contribution in [0.25, 0.3) is 0 Å². The number of halogens is 3. The van der Waals surface area contributed by atoms with Gasteiger partial charge in [0.1, 0.15) is 11.0 Å². The lowest BCUT2D eigenvalue weighted by Crippen LogP contribution is -2.32. The van der Waals surface area contributed by atoms with Gasteiger partial charge in [-0.3, -0.25) is 19.2 Å². The number of benzene rings is 3. The molecule has 3 heterocycles. The molecule has 6 rings (SSSR count). The van der Waals surface area contributed by atoms with Crippen molar-refractivity contribution in [3.05, 3.63) is 105 Å². The van der Waals surface area contributed by atoms with E-state index in [0.29, 0.717) is 21.2 Å². The average molecular weight is 612 g/mol. The predicted molar refractivity (Wildman–Crippen MR) is 151 cm³/mol. The van der Waals surface area contributed by atoms with Gasteiger partial charge in [0.25, 0.3) is 5.91 Å². The summed E-state index contributed by atoms with van der Waals surface area (Å²) < 4.78 is 45.9. The quantitative estimate of drug-likeness (QED) is 0.288. The number of thioether (sulfide) groups is 1. The molecule has 2 aliphatic heterocycles. The Morgan fingerprint density at radius 2 is 1.62 bits per heavy atom. The second kappa shape index (κ2) is 10.8. The van der Waals surface area contributed by atoms with Crippen LogP contribution in [0.3, 0.4) is 0 Å². The fraction of sp³-hybridized carbons (Fsp3) is 0.172. The second-order valence-electron chi connectivity index (χ2n) is 9.52. The normalized spacial score (nSPS) is 19.8. The topological polar surface area (TPSA) is 109 Å². The Bertz CT molecular complexity index is 1750. The number of fused-ring (bicyclic) bond motifs is 2. The summed E-state index contributed by atoms with van der Waals surface area (Å²) in [5, 5.41) is 1.89. The van der Waals surface area contributed by atoms with Gasteiger partial charge in [-0.2, -0.15) is 13.2 Å². The third kappa shape index (κ3) is 4.98. The molecular formula is C29H20F3N3O5S2. The smallest absolute Gasteiger partial charge is 0.418 e. The minimum Gasteiger partial charge on any atom is -0.483 e. The van der Waals surface area contributed by atoms with Crippen LogP contribution in [-0.4, -0.2) is 34.6 Å². The van der Waals surface area contributed by atoms with Gasteiger partial charge in [-0.15, -0.1) is 0 Å². The summed E-state index contributed by atoms with van der Waals surface area (Å²) in [5.41, 5.74) is -0.508. The standard InChI is InChI=1S/C29H20F3N3O5S2/c30-29(31,32)17-11-5-6-12-18(17)33-20(36)14-40-19-13-7-4-10-16(19)21-22-24(41-25-23(21)42-28(39)34-25)27(38)35(26(22)37)15-8-2-1-3-9-15/h1-13,21-22,24H,14H2,(H,33,36)(H,34,39). The third-order valence-electron chi connectivity index (χ3n) is 6.96. The third-order valence-corrected chi connectivity index (χ3v) is 9.36. The Morgan fingerprint density at radius 1 is 0.929 bits per heavy atom. The van der Waals surface area contributed by atoms with E-state index in [1.54, 1.807) is 54.6 Å². The van der Waals surface area contributed by atoms with Crippen molar-refractivity contribution in [1.82, 2.24) is 4.98 Å². The van der Waals surface area contributed by atoms with Crippen molar-refractivity contribution in [2.45, 2.75) is 22.4 Å². The Balaban J connectivity index is 1.32. The number of alkyl halides is 3. The van der Waals surface area contributed by atoms with Gasteiger partial charge in [-0.1, -0.05) is 71.6 Å². The fourth-order valence-electron chi connectivity index (χ4n) is 5.22. The summed E-state index contributed by atoms with van der Waals surface area (Å²) >= 11 is 2.06. The summed E-state index contributed by atoms with van der Waals surface area (Å²) in [7, 11) is 0. The van der Waals surface area contributed by atoms with Gasteiger partial charge in [0, 0.05) is 16.4 Å². The monoisotopic (exact) mass is 611 g/mol. The molecule has 3 amide bonds. The van der Waals surface area contributed by atoms with Gasteiger partial charge in [-0.25, -0.2) is 4.90 Å². The zero-order valence-corrected chi connectivity index (χ0v) is 23.0. The Kier molecular flexibility index (Phi) is 7.15. The fourth-order valence-corrected chi connectivity index (χ4v) is 7.73. The molecule has 1 saturated heterocycles. The van der Waals surface area contributed by atoms with E-state index >= 15 is 0 Å². The maximum Gasteiger partial charge on any atom is 0.418 e. The lowest BCUT2D eigenvalue weighted by Gasteiger charge is -2.30. The number of hydrogen-bond donors (Lipinski definition) is 2. The highest BCUT2D eigenvalue weighted by Gasteiger charge is 2.56. The minimum absolute atomic E-state index is 0.192. The largest absolute Gasteiger partial charge is 0.483 e. The van der Waals surface area contributed by atoms with Crippen LogP contribution in [0.2, 0.25) is 0 Å². The van der Waals surface area contributed by atoms with E-state index in [9.17, 15) is 32.3 Å². The Hall–Kier alpha value is -4.36. The van der Waals surface area contributed by atoms with E-state index in [1.807, 2.05) is 0 Å². The first-order valence-corrected chi connectivity index (χ1v) is 14.3. The van der Waals surface area contributed by atoms with Gasteiger partial charge in [0.05, 0.1) is 27.9 Å². The molecule has 3 unspecified atom stereocenters. The van der Waals surface area contributed by atoms with Gasteiger partial charge in [0.15, 0.2) is 6.61 Å². The van der Waals surface area contributed by atoms with Crippen LogP contribution in [0.15, 0.2) is 88.7 Å². The first kappa shape index (κ1) is 27.8. The van der Waals surface area contributed by atoms with Crippen LogP contribution >= 0.6 is 23.1 Å². The highest BCUT2D eigenvalue weighted by atomic mass is 32.2. The van der Waals surface area contributed by atoms with Crippen molar-refractivity contribution in [3.8, 4) is 5.75 Å². The number of nitrogens with one attached hydrogen (secondary N) is 2. The van der Waals surface area contributed by atoms with Crippen molar-refractivity contribution in [2.75, 3.05) is 16.8 Å². The van der Waals surface area contributed by atoms with Gasteiger partial charge in [0.2, 0.25) is 11.8 Å². The number of thiazole rings is 1. The Morgan fingerprint density at radius 3 is 2.38 bits per heavy atom. The molecule has 3 atom stereocenters. The van der Waals surface area contributed by atoms with Crippen LogP contribution in [0.5, 0.6) is 5.75 Å². The SMILES string of the molecule is O=C(COc1ccccc1C1c2sc(=O)[nH]c2SC2C(=O)N(c3ccccc3)C(=O)C21)Nc1ccccc1C(F)(F)F. The molecule has 0 spiro atoms. The van der Waals surface area contributed by atoms with Crippen LogP contribution in [0.1, 0.15) is 21.9 Å². The Labute approximate surface area is 244 Å². The number of carbonyl (C=O) groups excluding carboxylic acids is 3. The van der Waals surface area contributed by atoms with Gasteiger partial charge < -0.3 is 15.0 Å². The first-order valence-electron chi connectivity index (χ1n) is 12.6. The lowest BCUT2D eigenvalue weighted by molar-refractivity contribution is -0.137. The van der Waals surface area contributed by atoms with E-state index in [1.165, 1.54) is 12.1 Å². The van der Waals surface area contributed by atoms with Gasteiger partial charge >= 0.3 is 11.0 Å². The summed E-state index contributed by atoms with van der Waals surface area (Å²) in [6.07, 6.45) is -4.67. The summed E-state index contributed by atoms with van der Waals surface area (Å²) in [5.74, 6) is -3.11. The summed E-state index contributed by atoms with van der Waals surface area (Å²) in [6, 6.07) is 19.7. The van der Waals surface area contributed by atoms with E-state index in [4.69, 9.17) is 4.74 Å². The van der Waals surface area contributed by atoms with E-state index in [-0.39, 0.29) is 10.6 Å². The van der Waals surface area contributed by atoms with Crippen LogP contribution in [0.4, 0.5) is 24.5 Å². The number of imide groups is 1. The number of hydrogen-bond acceptors (Lipinski definition) is 7. The number of amides is 3. The van der Waals surface area contributed by atoms with Crippen molar-refractivity contribution in [1.29, 1.82) is 0 Å². The van der Waals surface area contributed by atoms with Crippen molar-refractivity contribution < 1.29 is 32.3 Å². The molecule has 2 aliphatic rings. The van der Waals surface area contributed by atoms with Crippen LogP contribution < -0.4 is 19.8 Å². The minimum atomic E-state index is -4.67. The summed E-state index contributed by atoms with van der Waals surface area (Å²) in [6.45, 7) is -0.627. The van der Waals surface area contributed by atoms with Crippen molar-refractivity contribution >= 4 is 52.2 Å². The maximum absolute atomic E-state index is 13.9. The lowest BCUT2D eigenvalue weighted by atomic mass is 9.82. The second-order valence-corrected chi connectivity index (χ2v) is 11.7. The van der Waals surface area contributed by atoms with E-state index in [0.717, 1.165) is 40.1 Å². The molecular weight excluding hydrogens is 591 g/mol. The number of aromatic amines is 1. The summed E-state index contributed by atoms with van der Waals surface area (Å²) in [4.78, 5) is 56.6. The molecule has 3 aromatic carbocycles. The first-order chi connectivity index (χ1) is 20.1. The zero-order chi connectivity index (χ0) is 29.6. The molecule has 42 heavy (non-hydrogen) atoms. The van der Waals surface area contributed by atoms with Crippen molar-refractivity contribution in [3.63, 3.8) is 0 Å². The average Bonchev–Trinajstić information content (AvgIpc) is 3.46. The molecule has 0 radical (unpaired) electrons. The number of para-hydroxylation sites is 3. The molecule has 4 aromatic rings. The van der Waals surface area contributed by atoms with Gasteiger partial charge in [-0.05, 0) is 30.3 Å². The maximum atomic E-state index is 13.9. The van der Waals surface area contributed by atoms with Crippen LogP contribution in [-0.2, 0) is 20.6 Å². The molecule has 8 nitrogen and oxygen atoms in total. The van der Waals surface area contributed by atoms with Crippen LogP contribution in [0, 0.1) is 5.92 Å². The molecule has 1 aromatic heterocycles. The number of nitrogens with zero attached hydrogens (tertiary/aromatic N) is 1. The van der Waals surface area contributed by atoms with Crippen molar-refractivity contribution in [2.24, 2.45) is 5.92 Å². The number of rotatable bonds is 6.